The van der Waals surface area contributed by atoms with Crippen molar-refractivity contribution in [3.05, 3.63) is 53.2 Å². The van der Waals surface area contributed by atoms with Crippen LogP contribution in [0.5, 0.6) is 0 Å². The van der Waals surface area contributed by atoms with Gasteiger partial charge in [-0.1, -0.05) is 12.1 Å². The van der Waals surface area contributed by atoms with E-state index in [-0.39, 0.29) is 17.8 Å². The van der Waals surface area contributed by atoms with Gasteiger partial charge in [-0.15, -0.1) is 0 Å². The summed E-state index contributed by atoms with van der Waals surface area (Å²) in [5.74, 6) is 1.00. The zero-order chi connectivity index (χ0) is 18.5. The van der Waals surface area contributed by atoms with E-state index >= 15 is 0 Å². The Morgan fingerprint density at radius 2 is 2.23 bits per heavy atom. The first-order valence-electron chi connectivity index (χ1n) is 8.72. The Kier molecular flexibility index (Phi) is 5.78. The van der Waals surface area contributed by atoms with Crippen LogP contribution in [-0.2, 0) is 16.0 Å². The first-order valence-corrected chi connectivity index (χ1v) is 8.72. The third kappa shape index (κ3) is 4.35. The van der Waals surface area contributed by atoms with Crippen LogP contribution in [0.4, 0.5) is 10.2 Å². The number of halogens is 1. The van der Waals surface area contributed by atoms with Crippen LogP contribution in [0.1, 0.15) is 29.5 Å². The molecule has 1 atom stereocenters. The molecule has 7 heteroatoms. The van der Waals surface area contributed by atoms with Crippen molar-refractivity contribution in [3.63, 3.8) is 0 Å². The lowest BCUT2D eigenvalue weighted by Crippen LogP contribution is -2.44. The first-order chi connectivity index (χ1) is 12.6. The van der Waals surface area contributed by atoms with Gasteiger partial charge in [-0.05, 0) is 31.0 Å². The fourth-order valence-electron chi connectivity index (χ4n) is 3.07. The number of amides is 1. The molecule has 0 bridgehead atoms. The third-order valence-corrected chi connectivity index (χ3v) is 4.39. The van der Waals surface area contributed by atoms with Gasteiger partial charge < -0.3 is 15.0 Å². The quantitative estimate of drug-likeness (QED) is 0.889. The number of ether oxygens (including phenoxy) is 1. The normalized spacial score (nSPS) is 17.2. The van der Waals surface area contributed by atoms with Crippen LogP contribution in [0, 0.1) is 12.7 Å². The predicted octanol–water partition coefficient (Wildman–Crippen LogP) is 2.50. The molecule has 2 aromatic rings. The Morgan fingerprint density at radius 1 is 1.38 bits per heavy atom. The Balaban J connectivity index is 1.74. The number of hydrogen-bond donors (Lipinski definition) is 1. The summed E-state index contributed by atoms with van der Waals surface area (Å²) in [6.07, 6.45) is 0.807. The fourth-order valence-corrected chi connectivity index (χ4v) is 3.07. The van der Waals surface area contributed by atoms with Gasteiger partial charge >= 0.3 is 0 Å². The number of benzene rings is 1. The lowest BCUT2D eigenvalue weighted by molar-refractivity contribution is -0.140. The van der Waals surface area contributed by atoms with Gasteiger partial charge in [0.1, 0.15) is 17.7 Å². The summed E-state index contributed by atoms with van der Waals surface area (Å²) < 4.78 is 18.9. The average molecular weight is 358 g/mol. The van der Waals surface area contributed by atoms with E-state index in [4.69, 9.17) is 4.74 Å². The van der Waals surface area contributed by atoms with E-state index in [0.29, 0.717) is 44.2 Å². The third-order valence-electron chi connectivity index (χ3n) is 4.39. The summed E-state index contributed by atoms with van der Waals surface area (Å²) in [4.78, 5) is 23.5. The van der Waals surface area contributed by atoms with E-state index in [1.165, 1.54) is 12.1 Å². The topological polar surface area (TPSA) is 67.4 Å². The molecule has 26 heavy (non-hydrogen) atoms. The van der Waals surface area contributed by atoms with Crippen molar-refractivity contribution in [1.29, 1.82) is 0 Å². The molecule has 138 valence electrons. The van der Waals surface area contributed by atoms with E-state index in [9.17, 15) is 9.18 Å². The molecular weight excluding hydrogens is 335 g/mol. The van der Waals surface area contributed by atoms with Gasteiger partial charge in [0.05, 0.1) is 13.2 Å². The van der Waals surface area contributed by atoms with Gasteiger partial charge in [0.25, 0.3) is 0 Å². The average Bonchev–Trinajstić information content (AvgIpc) is 2.65. The molecule has 2 heterocycles. The summed E-state index contributed by atoms with van der Waals surface area (Å²) in [6, 6.07) is 7.90. The largest absolute Gasteiger partial charge is 0.377 e. The number of aromatic nitrogens is 2. The lowest BCUT2D eigenvalue weighted by atomic mass is 10.1. The Hall–Kier alpha value is -2.54. The minimum atomic E-state index is -0.309. The van der Waals surface area contributed by atoms with Crippen LogP contribution >= 0.6 is 0 Å². The van der Waals surface area contributed by atoms with Gasteiger partial charge in [-0.25, -0.2) is 14.4 Å². The minimum absolute atomic E-state index is 0.00123. The summed E-state index contributed by atoms with van der Waals surface area (Å²) in [7, 11) is 1.80. The molecule has 0 saturated carbocycles. The van der Waals surface area contributed by atoms with Crippen molar-refractivity contribution in [2.75, 3.05) is 32.1 Å². The monoisotopic (exact) mass is 358 g/mol. The van der Waals surface area contributed by atoms with Crippen LogP contribution in [0.15, 0.2) is 30.3 Å². The van der Waals surface area contributed by atoms with Crippen molar-refractivity contribution in [2.45, 2.75) is 25.8 Å². The van der Waals surface area contributed by atoms with Crippen molar-refractivity contribution in [3.8, 4) is 0 Å². The van der Waals surface area contributed by atoms with Gasteiger partial charge in [0.2, 0.25) is 5.91 Å². The molecule has 1 amide bonds. The number of rotatable bonds is 5. The number of carbonyl (C=O) groups is 1. The molecule has 1 saturated heterocycles. The lowest BCUT2D eigenvalue weighted by Gasteiger charge is -2.35. The summed E-state index contributed by atoms with van der Waals surface area (Å²) in [5.41, 5.74) is 1.64. The van der Waals surface area contributed by atoms with Crippen molar-refractivity contribution < 1.29 is 13.9 Å². The highest BCUT2D eigenvalue weighted by Crippen LogP contribution is 2.24. The molecule has 6 nitrogen and oxygen atoms in total. The summed E-state index contributed by atoms with van der Waals surface area (Å²) >= 11 is 0. The van der Waals surface area contributed by atoms with E-state index in [0.717, 1.165) is 11.3 Å². The molecule has 1 aliphatic rings. The van der Waals surface area contributed by atoms with E-state index in [2.05, 4.69) is 15.3 Å². The highest BCUT2D eigenvalue weighted by Gasteiger charge is 2.30. The number of nitrogens with zero attached hydrogens (tertiary/aromatic N) is 3. The Labute approximate surface area is 152 Å². The molecule has 1 unspecified atom stereocenters. The van der Waals surface area contributed by atoms with Crippen LogP contribution < -0.4 is 5.32 Å². The van der Waals surface area contributed by atoms with Gasteiger partial charge in [-0.3, -0.25) is 4.79 Å². The Bertz CT molecular complexity index is 784. The molecule has 1 aliphatic heterocycles. The maximum absolute atomic E-state index is 13.3. The summed E-state index contributed by atoms with van der Waals surface area (Å²) in [5, 5.41) is 3.01. The zero-order valence-corrected chi connectivity index (χ0v) is 15.0. The number of anilines is 1. The number of aryl methyl sites for hydroxylation is 2. The van der Waals surface area contributed by atoms with Crippen molar-refractivity contribution >= 4 is 11.7 Å². The zero-order valence-electron chi connectivity index (χ0n) is 15.0. The van der Waals surface area contributed by atoms with Crippen LogP contribution in [0.25, 0.3) is 0 Å². The maximum Gasteiger partial charge on any atom is 0.223 e. The first kappa shape index (κ1) is 18.3. The number of nitrogens with one attached hydrogen (secondary N) is 1. The second-order valence-corrected chi connectivity index (χ2v) is 6.31. The standard InChI is InChI=1S/C19H23FN4O2/c1-13-10-17(21-2)23-19(22-13)16-12-26-9-8-24(16)18(25)7-6-14-4-3-5-15(20)11-14/h3-5,10-11,16H,6-9,12H2,1-2H3,(H,21,22,23). The highest BCUT2D eigenvalue weighted by atomic mass is 19.1. The van der Waals surface area contributed by atoms with E-state index in [1.807, 2.05) is 19.1 Å². The maximum atomic E-state index is 13.3. The molecule has 0 radical (unpaired) electrons. The SMILES string of the molecule is CNc1cc(C)nc(C2COCCN2C(=O)CCc2cccc(F)c2)n1. The van der Waals surface area contributed by atoms with Crippen molar-refractivity contribution in [2.24, 2.45) is 0 Å². The predicted molar refractivity (Wildman–Crippen MR) is 96.3 cm³/mol. The minimum Gasteiger partial charge on any atom is -0.377 e. The molecule has 1 fully saturated rings. The van der Waals surface area contributed by atoms with Gasteiger partial charge in [-0.2, -0.15) is 0 Å². The van der Waals surface area contributed by atoms with Crippen LogP contribution in [0.2, 0.25) is 0 Å². The fraction of sp³-hybridized carbons (Fsp3) is 0.421. The number of morpholine rings is 1. The Morgan fingerprint density at radius 3 is 3.00 bits per heavy atom. The van der Waals surface area contributed by atoms with Gasteiger partial charge in [0.15, 0.2) is 5.82 Å². The second kappa shape index (κ2) is 8.23. The second-order valence-electron chi connectivity index (χ2n) is 6.31. The number of carbonyl (C=O) groups excluding carboxylic acids is 1. The molecule has 0 aliphatic carbocycles. The smallest absolute Gasteiger partial charge is 0.223 e. The molecule has 3 rings (SSSR count). The van der Waals surface area contributed by atoms with Gasteiger partial charge in [0, 0.05) is 31.8 Å². The highest BCUT2D eigenvalue weighted by molar-refractivity contribution is 5.77. The van der Waals surface area contributed by atoms with Crippen LogP contribution in [0.3, 0.4) is 0 Å². The van der Waals surface area contributed by atoms with E-state index < -0.39 is 0 Å². The summed E-state index contributed by atoms with van der Waals surface area (Å²) in [6.45, 7) is 3.26. The van der Waals surface area contributed by atoms with Crippen LogP contribution in [-0.4, -0.2) is 47.6 Å². The molecule has 0 spiro atoms. The molecule has 1 N–H and O–H groups in total. The molecule has 1 aromatic carbocycles. The van der Waals surface area contributed by atoms with Crippen molar-refractivity contribution in [1.82, 2.24) is 14.9 Å². The molecular formula is C19H23FN4O2. The van der Waals surface area contributed by atoms with E-state index in [1.54, 1.807) is 18.0 Å². The number of hydrogen-bond acceptors (Lipinski definition) is 5. The molecule has 1 aromatic heterocycles.